The minimum absolute atomic E-state index is 0.0731. The lowest BCUT2D eigenvalue weighted by molar-refractivity contribution is -0.152. The Labute approximate surface area is 150 Å². The summed E-state index contributed by atoms with van der Waals surface area (Å²) in [6.07, 6.45) is -1.28. The van der Waals surface area contributed by atoms with Gasteiger partial charge in [0.15, 0.2) is 5.78 Å². The highest BCUT2D eigenvalue weighted by atomic mass is 16.7. The van der Waals surface area contributed by atoms with Crippen molar-refractivity contribution in [3.05, 3.63) is 29.8 Å². The van der Waals surface area contributed by atoms with Crippen LogP contribution < -0.4 is 5.06 Å². The van der Waals surface area contributed by atoms with Gasteiger partial charge in [0.2, 0.25) is 0 Å². The molecular formula is C19H20N2O5. The standard InChI is InChI=1S/C19H20N2O5/c1-9(22)15-14-10-8-26-17(16(14)23)19(7-12(10)20-15)11-5-3-4-6-13(11)21(25-2)18(19)24/h3-6,10,12,14,16-17,23H,7-8H2,1-2H3/t10-,12+,14-,16+,17-,19+/m1/s1. The second kappa shape index (κ2) is 5.22. The SMILES string of the molecule is CON1C(=O)[C@@]2(C[C@@H]3N=C(C(C)=O)[C@@H]4[C@H](O)[C@H]2OC[C@@H]43)c2ccccc21. The molecule has 4 bridgehead atoms. The van der Waals surface area contributed by atoms with E-state index in [0.717, 1.165) is 5.56 Å². The van der Waals surface area contributed by atoms with Gasteiger partial charge in [0.1, 0.15) is 11.5 Å². The fourth-order valence-electron chi connectivity index (χ4n) is 5.42. The van der Waals surface area contributed by atoms with Crippen molar-refractivity contribution in [2.24, 2.45) is 16.8 Å². The predicted molar refractivity (Wildman–Crippen MR) is 91.9 cm³/mol. The Morgan fingerprint density at radius 3 is 2.92 bits per heavy atom. The normalized spacial score (nSPS) is 40.0. The molecule has 136 valence electrons. The molecule has 6 atom stereocenters. The molecule has 1 aromatic carbocycles. The lowest BCUT2D eigenvalue weighted by Crippen LogP contribution is -2.58. The van der Waals surface area contributed by atoms with Crippen molar-refractivity contribution in [1.29, 1.82) is 0 Å². The van der Waals surface area contributed by atoms with E-state index in [1.54, 1.807) is 0 Å². The summed E-state index contributed by atoms with van der Waals surface area (Å²) in [5.41, 5.74) is 0.862. The maximum absolute atomic E-state index is 13.4. The van der Waals surface area contributed by atoms with Crippen LogP contribution in [-0.4, -0.2) is 54.5 Å². The van der Waals surface area contributed by atoms with Gasteiger partial charge >= 0.3 is 0 Å². The molecule has 7 nitrogen and oxygen atoms in total. The van der Waals surface area contributed by atoms with E-state index in [-0.39, 0.29) is 29.6 Å². The van der Waals surface area contributed by atoms with Gasteiger partial charge in [0.25, 0.3) is 5.91 Å². The third kappa shape index (κ3) is 1.71. The highest BCUT2D eigenvalue weighted by Gasteiger charge is 2.67. The molecule has 0 aromatic heterocycles. The number of anilines is 1. The number of carbonyl (C=O) groups excluding carboxylic acids is 2. The summed E-state index contributed by atoms with van der Waals surface area (Å²) < 4.78 is 6.04. The van der Waals surface area contributed by atoms with Crippen LogP contribution in [0.1, 0.15) is 18.9 Å². The fourth-order valence-corrected chi connectivity index (χ4v) is 5.42. The van der Waals surface area contributed by atoms with Crippen molar-refractivity contribution >= 4 is 23.1 Å². The molecule has 1 spiro atoms. The van der Waals surface area contributed by atoms with E-state index in [1.807, 2.05) is 24.3 Å². The van der Waals surface area contributed by atoms with Crippen LogP contribution in [0, 0.1) is 11.8 Å². The third-order valence-corrected chi connectivity index (χ3v) is 6.45. The number of aliphatic hydroxyl groups excluding tert-OH is 1. The minimum atomic E-state index is -1.05. The van der Waals surface area contributed by atoms with Gasteiger partial charge in [-0.05, 0) is 18.1 Å². The number of nitrogens with zero attached hydrogens (tertiary/aromatic N) is 2. The maximum Gasteiger partial charge on any atom is 0.264 e. The first kappa shape index (κ1) is 16.1. The number of Topliss-reactive ketones (excluding diaryl/α,β-unsaturated/α-hetero) is 1. The molecule has 7 heteroatoms. The molecular weight excluding hydrogens is 336 g/mol. The summed E-state index contributed by atoms with van der Waals surface area (Å²) >= 11 is 0. The molecule has 0 radical (unpaired) electrons. The van der Waals surface area contributed by atoms with Crippen molar-refractivity contribution in [3.63, 3.8) is 0 Å². The molecule has 1 N–H and O–H groups in total. The van der Waals surface area contributed by atoms with Crippen LogP contribution in [0.2, 0.25) is 0 Å². The number of carbonyl (C=O) groups is 2. The average molecular weight is 356 g/mol. The highest BCUT2D eigenvalue weighted by Crippen LogP contribution is 2.56. The summed E-state index contributed by atoms with van der Waals surface area (Å²) in [6, 6.07) is 7.22. The van der Waals surface area contributed by atoms with E-state index < -0.39 is 17.6 Å². The van der Waals surface area contributed by atoms with Gasteiger partial charge in [-0.3, -0.25) is 19.4 Å². The second-order valence-corrected chi connectivity index (χ2v) is 7.55. The number of ether oxygens (including phenoxy) is 1. The first-order valence-corrected chi connectivity index (χ1v) is 8.87. The average Bonchev–Trinajstić information content (AvgIpc) is 3.01. The molecule has 0 unspecified atom stereocenters. The van der Waals surface area contributed by atoms with Crippen LogP contribution in [-0.2, 0) is 24.6 Å². The molecule has 1 saturated carbocycles. The third-order valence-electron chi connectivity index (χ3n) is 6.45. The number of rotatable bonds is 2. The van der Waals surface area contributed by atoms with Crippen molar-refractivity contribution in [1.82, 2.24) is 0 Å². The minimum Gasteiger partial charge on any atom is -0.390 e. The number of benzene rings is 1. The van der Waals surface area contributed by atoms with E-state index in [9.17, 15) is 14.7 Å². The molecule has 26 heavy (non-hydrogen) atoms. The number of aliphatic imine (C=N–C) groups is 1. The van der Waals surface area contributed by atoms with E-state index in [2.05, 4.69) is 4.99 Å². The highest BCUT2D eigenvalue weighted by molar-refractivity contribution is 6.40. The van der Waals surface area contributed by atoms with Gasteiger partial charge < -0.3 is 9.84 Å². The predicted octanol–water partition coefficient (Wildman–Crippen LogP) is 0.640. The van der Waals surface area contributed by atoms with Crippen molar-refractivity contribution in [2.75, 3.05) is 18.8 Å². The smallest absolute Gasteiger partial charge is 0.264 e. The Kier molecular flexibility index (Phi) is 3.23. The summed E-state index contributed by atoms with van der Waals surface area (Å²) in [4.78, 5) is 35.4. The zero-order chi connectivity index (χ0) is 18.2. The Balaban J connectivity index is 1.72. The van der Waals surface area contributed by atoms with E-state index in [0.29, 0.717) is 24.4 Å². The number of hydrogen-bond donors (Lipinski definition) is 1. The number of para-hydroxylation sites is 1. The molecule has 1 aliphatic carbocycles. The van der Waals surface area contributed by atoms with E-state index >= 15 is 0 Å². The van der Waals surface area contributed by atoms with Crippen molar-refractivity contribution in [2.45, 2.75) is 37.0 Å². The Bertz CT molecular complexity index is 852. The van der Waals surface area contributed by atoms with Gasteiger partial charge in [0.05, 0.1) is 37.3 Å². The van der Waals surface area contributed by atoms with Crippen LogP contribution in [0.3, 0.4) is 0 Å². The summed E-state index contributed by atoms with van der Waals surface area (Å²) in [7, 11) is 1.46. The van der Waals surface area contributed by atoms with E-state index in [1.165, 1.54) is 19.1 Å². The van der Waals surface area contributed by atoms with Gasteiger partial charge in [-0.2, -0.15) is 5.06 Å². The number of ketones is 1. The molecule has 1 aromatic rings. The lowest BCUT2D eigenvalue weighted by Gasteiger charge is -2.41. The molecule has 4 aliphatic heterocycles. The quantitative estimate of drug-likeness (QED) is 0.840. The Morgan fingerprint density at radius 1 is 1.42 bits per heavy atom. The number of hydrogen-bond acceptors (Lipinski definition) is 6. The van der Waals surface area contributed by atoms with Gasteiger partial charge in [0, 0.05) is 18.8 Å². The second-order valence-electron chi connectivity index (χ2n) is 7.55. The van der Waals surface area contributed by atoms with Crippen LogP contribution >= 0.6 is 0 Å². The van der Waals surface area contributed by atoms with Crippen LogP contribution in [0.25, 0.3) is 0 Å². The monoisotopic (exact) mass is 356 g/mol. The molecule has 3 fully saturated rings. The van der Waals surface area contributed by atoms with Crippen molar-refractivity contribution in [3.8, 4) is 0 Å². The first-order chi connectivity index (χ1) is 12.5. The van der Waals surface area contributed by atoms with Gasteiger partial charge in [-0.15, -0.1) is 0 Å². The zero-order valence-corrected chi connectivity index (χ0v) is 14.6. The maximum atomic E-state index is 13.4. The van der Waals surface area contributed by atoms with Crippen LogP contribution in [0.4, 0.5) is 5.69 Å². The number of aliphatic hydroxyl groups is 1. The van der Waals surface area contributed by atoms with E-state index in [4.69, 9.17) is 9.57 Å². The summed E-state index contributed by atoms with van der Waals surface area (Å²) in [5, 5.41) is 12.4. The fraction of sp³-hybridized carbons (Fsp3) is 0.526. The molecule has 6 rings (SSSR count). The molecule has 1 amide bonds. The number of amides is 1. The summed E-state index contributed by atoms with van der Waals surface area (Å²) in [5.74, 6) is -0.795. The number of fused-ring (bicyclic) bond motifs is 2. The van der Waals surface area contributed by atoms with Crippen LogP contribution in [0.15, 0.2) is 29.3 Å². The Morgan fingerprint density at radius 2 is 2.19 bits per heavy atom. The largest absolute Gasteiger partial charge is 0.390 e. The molecule has 2 saturated heterocycles. The molecule has 5 aliphatic rings. The van der Waals surface area contributed by atoms with Crippen LogP contribution in [0.5, 0.6) is 0 Å². The van der Waals surface area contributed by atoms with Gasteiger partial charge in [-0.25, -0.2) is 0 Å². The van der Waals surface area contributed by atoms with Gasteiger partial charge in [-0.1, -0.05) is 18.2 Å². The Hall–Kier alpha value is -2.09. The topological polar surface area (TPSA) is 88.4 Å². The molecule has 4 heterocycles. The first-order valence-electron chi connectivity index (χ1n) is 8.87. The van der Waals surface area contributed by atoms with Crippen molar-refractivity contribution < 1.29 is 24.3 Å². The summed E-state index contributed by atoms with van der Waals surface area (Å²) in [6.45, 7) is 1.87. The zero-order valence-electron chi connectivity index (χ0n) is 14.6. The lowest BCUT2D eigenvalue weighted by atomic mass is 9.70. The number of hydroxylamine groups is 1.